The van der Waals surface area contributed by atoms with Gasteiger partial charge in [0.2, 0.25) is 0 Å². The van der Waals surface area contributed by atoms with E-state index in [1.165, 1.54) is 5.57 Å². The standard InChI is InChI=1S/C32H43F/c1-10-15-17-26(12-3)29-21-30(27(13-4)18-16-11-2)31(32(33)22-29)20-25(9)28(14-5)19-24(8)23(6)7/h12,14,19-22,27H,6,10-11,13,15,17H2,1-5,7-9H3/b24-19-,25-20+,26-12+,28-14+. The highest BCUT2D eigenvalue weighted by Gasteiger charge is 2.18. The first-order valence-electron chi connectivity index (χ1n) is 12.4. The van der Waals surface area contributed by atoms with Gasteiger partial charge < -0.3 is 0 Å². The van der Waals surface area contributed by atoms with Crippen LogP contribution in [0.4, 0.5) is 4.39 Å². The molecule has 1 aromatic rings. The lowest BCUT2D eigenvalue weighted by Gasteiger charge is -2.18. The summed E-state index contributed by atoms with van der Waals surface area (Å²) >= 11 is 0. The van der Waals surface area contributed by atoms with E-state index in [1.54, 1.807) is 6.07 Å². The van der Waals surface area contributed by atoms with Crippen molar-refractivity contribution in [2.24, 2.45) is 0 Å². The van der Waals surface area contributed by atoms with Crippen LogP contribution in [0.3, 0.4) is 0 Å². The first kappa shape index (κ1) is 28.4. The fourth-order valence-corrected chi connectivity index (χ4v) is 3.79. The third-order valence-corrected chi connectivity index (χ3v) is 6.09. The van der Waals surface area contributed by atoms with Gasteiger partial charge in [0.25, 0.3) is 0 Å². The first-order valence-corrected chi connectivity index (χ1v) is 12.4. The molecule has 0 heterocycles. The van der Waals surface area contributed by atoms with Crippen molar-refractivity contribution >= 4 is 11.6 Å². The summed E-state index contributed by atoms with van der Waals surface area (Å²) in [6.07, 6.45) is 13.1. The van der Waals surface area contributed by atoms with Crippen molar-refractivity contribution in [3.63, 3.8) is 0 Å². The summed E-state index contributed by atoms with van der Waals surface area (Å²) in [7, 11) is 0. The lowest BCUT2D eigenvalue weighted by molar-refractivity contribution is 0.619. The molecule has 178 valence electrons. The minimum absolute atomic E-state index is 0.00415. The molecule has 33 heavy (non-hydrogen) atoms. The highest BCUT2D eigenvalue weighted by Crippen LogP contribution is 2.33. The molecule has 0 aromatic heterocycles. The highest BCUT2D eigenvalue weighted by molar-refractivity contribution is 5.71. The molecule has 0 N–H and O–H groups in total. The van der Waals surface area contributed by atoms with E-state index in [-0.39, 0.29) is 11.7 Å². The third kappa shape index (κ3) is 8.36. The van der Waals surface area contributed by atoms with Crippen molar-refractivity contribution in [3.8, 4) is 11.8 Å². The van der Waals surface area contributed by atoms with Crippen LogP contribution >= 0.6 is 0 Å². The second-order valence-corrected chi connectivity index (χ2v) is 8.69. The summed E-state index contributed by atoms with van der Waals surface area (Å²) in [5.41, 5.74) is 8.09. The number of hydrogen-bond acceptors (Lipinski definition) is 0. The van der Waals surface area contributed by atoms with Crippen LogP contribution in [0.1, 0.15) is 110 Å². The van der Waals surface area contributed by atoms with E-state index in [1.807, 2.05) is 33.8 Å². The van der Waals surface area contributed by atoms with E-state index in [0.29, 0.717) is 5.56 Å². The highest BCUT2D eigenvalue weighted by atomic mass is 19.1. The number of unbranched alkanes of at least 4 members (excludes halogenated alkanes) is 1. The predicted octanol–water partition coefficient (Wildman–Crippen LogP) is 10.2. The fraction of sp³-hybridized carbons (Fsp3) is 0.438. The minimum Gasteiger partial charge on any atom is -0.206 e. The normalized spacial score (nSPS) is 14.1. The molecule has 0 saturated heterocycles. The fourth-order valence-electron chi connectivity index (χ4n) is 3.79. The van der Waals surface area contributed by atoms with Crippen LogP contribution in [-0.4, -0.2) is 0 Å². The second-order valence-electron chi connectivity index (χ2n) is 8.69. The molecule has 0 saturated carbocycles. The van der Waals surface area contributed by atoms with Crippen LogP contribution in [0.15, 0.2) is 59.2 Å². The van der Waals surface area contributed by atoms with Gasteiger partial charge in [-0.15, -0.1) is 5.92 Å². The maximum absolute atomic E-state index is 15.7. The number of halogens is 1. The average molecular weight is 447 g/mol. The van der Waals surface area contributed by atoms with E-state index < -0.39 is 0 Å². The number of rotatable bonds is 10. The van der Waals surface area contributed by atoms with Crippen molar-refractivity contribution in [3.05, 3.63) is 81.7 Å². The third-order valence-electron chi connectivity index (χ3n) is 6.09. The van der Waals surface area contributed by atoms with Gasteiger partial charge in [-0.1, -0.05) is 63.5 Å². The molecule has 1 unspecified atom stereocenters. The molecule has 1 atom stereocenters. The average Bonchev–Trinajstić information content (AvgIpc) is 2.79. The molecule has 0 aliphatic heterocycles. The number of benzene rings is 1. The largest absolute Gasteiger partial charge is 0.206 e. The van der Waals surface area contributed by atoms with Crippen molar-refractivity contribution in [2.75, 3.05) is 0 Å². The first-order chi connectivity index (χ1) is 15.7. The zero-order valence-electron chi connectivity index (χ0n) is 22.2. The Balaban J connectivity index is 3.75. The number of allylic oxidation sites excluding steroid dienone is 8. The van der Waals surface area contributed by atoms with Gasteiger partial charge in [-0.25, -0.2) is 4.39 Å². The quantitative estimate of drug-likeness (QED) is 0.248. The van der Waals surface area contributed by atoms with Crippen LogP contribution in [0, 0.1) is 17.7 Å². The summed E-state index contributed by atoms with van der Waals surface area (Å²) in [6, 6.07) is 3.88. The van der Waals surface area contributed by atoms with Crippen LogP contribution in [0.25, 0.3) is 11.6 Å². The van der Waals surface area contributed by atoms with Crippen LogP contribution in [0.2, 0.25) is 0 Å². The molecular weight excluding hydrogens is 403 g/mol. The summed E-state index contributed by atoms with van der Waals surface area (Å²) in [4.78, 5) is 0. The Morgan fingerprint density at radius 1 is 1.06 bits per heavy atom. The Hall–Kier alpha value is -2.59. The Morgan fingerprint density at radius 2 is 1.76 bits per heavy atom. The predicted molar refractivity (Wildman–Crippen MR) is 147 cm³/mol. The van der Waals surface area contributed by atoms with Crippen LogP contribution in [0.5, 0.6) is 0 Å². The Morgan fingerprint density at radius 3 is 2.27 bits per heavy atom. The maximum Gasteiger partial charge on any atom is 0.131 e. The molecule has 1 rings (SSSR count). The monoisotopic (exact) mass is 446 g/mol. The smallest absolute Gasteiger partial charge is 0.131 e. The molecule has 0 spiro atoms. The van der Waals surface area contributed by atoms with Gasteiger partial charge in [-0.3, -0.25) is 0 Å². The van der Waals surface area contributed by atoms with Crippen molar-refractivity contribution in [1.29, 1.82) is 0 Å². The molecule has 0 radical (unpaired) electrons. The molecule has 1 heteroatoms. The second kappa shape index (κ2) is 14.5. The lowest BCUT2D eigenvalue weighted by atomic mass is 9.86. The molecule has 0 aliphatic carbocycles. The zero-order chi connectivity index (χ0) is 25.0. The molecule has 0 aliphatic rings. The molecule has 0 fully saturated rings. The van der Waals surface area contributed by atoms with Crippen molar-refractivity contribution < 1.29 is 4.39 Å². The van der Waals surface area contributed by atoms with Gasteiger partial charge in [0.15, 0.2) is 0 Å². The Bertz CT molecular complexity index is 999. The summed E-state index contributed by atoms with van der Waals surface area (Å²) < 4.78 is 15.7. The molecular formula is C32H43F. The van der Waals surface area contributed by atoms with Gasteiger partial charge in [0, 0.05) is 17.9 Å². The molecule has 1 aromatic carbocycles. The summed E-state index contributed by atoms with van der Waals surface area (Å²) in [5, 5.41) is 0. The topological polar surface area (TPSA) is 0 Å². The molecule has 0 amide bonds. The van der Waals surface area contributed by atoms with Crippen molar-refractivity contribution in [1.82, 2.24) is 0 Å². The van der Waals surface area contributed by atoms with E-state index in [4.69, 9.17) is 0 Å². The van der Waals surface area contributed by atoms with E-state index in [0.717, 1.165) is 65.5 Å². The van der Waals surface area contributed by atoms with Gasteiger partial charge in [-0.05, 0) is 106 Å². The number of hydrogen-bond donors (Lipinski definition) is 0. The van der Waals surface area contributed by atoms with Gasteiger partial charge in [0.1, 0.15) is 5.82 Å². The van der Waals surface area contributed by atoms with Gasteiger partial charge in [-0.2, -0.15) is 0 Å². The van der Waals surface area contributed by atoms with Crippen molar-refractivity contribution in [2.45, 2.75) is 93.4 Å². The minimum atomic E-state index is -0.175. The SMILES string of the molecule is C=C(C)\C(C)=C/C(=C\C)C(/C)=C/c1c(F)cc(/C(=C/C)CCCC)cc1C(C#CCC)CC. The van der Waals surface area contributed by atoms with Gasteiger partial charge in [0.05, 0.1) is 0 Å². The van der Waals surface area contributed by atoms with E-state index in [2.05, 4.69) is 70.4 Å². The zero-order valence-corrected chi connectivity index (χ0v) is 22.2. The van der Waals surface area contributed by atoms with Crippen LogP contribution < -0.4 is 0 Å². The molecule has 0 bridgehead atoms. The lowest BCUT2D eigenvalue weighted by Crippen LogP contribution is -2.03. The Labute approximate surface area is 203 Å². The van der Waals surface area contributed by atoms with E-state index in [9.17, 15) is 0 Å². The summed E-state index contributed by atoms with van der Waals surface area (Å²) in [5.74, 6) is 6.45. The Kier molecular flexibility index (Phi) is 12.5. The maximum atomic E-state index is 15.7. The molecule has 0 nitrogen and oxygen atoms in total. The van der Waals surface area contributed by atoms with Gasteiger partial charge >= 0.3 is 0 Å². The summed E-state index contributed by atoms with van der Waals surface area (Å²) in [6.45, 7) is 20.6. The van der Waals surface area contributed by atoms with E-state index >= 15 is 4.39 Å². The van der Waals surface area contributed by atoms with Crippen LogP contribution in [-0.2, 0) is 0 Å².